The van der Waals surface area contributed by atoms with Gasteiger partial charge in [-0.15, -0.1) is 0 Å². The van der Waals surface area contributed by atoms with Crippen LogP contribution in [0.3, 0.4) is 0 Å². The molecule has 0 heterocycles. The summed E-state index contributed by atoms with van der Waals surface area (Å²) in [5.74, 6) is -0.595. The fourth-order valence-electron chi connectivity index (χ4n) is 2.23. The topological polar surface area (TPSA) is 49.8 Å². The van der Waals surface area contributed by atoms with E-state index in [2.05, 4.69) is 0 Å². The molecule has 1 aliphatic carbocycles. The molecule has 15 heavy (non-hydrogen) atoms. The maximum Gasteiger partial charge on any atom is 0.311 e. The fourth-order valence-corrected chi connectivity index (χ4v) is 2.23. The van der Waals surface area contributed by atoms with Gasteiger partial charge in [-0.2, -0.15) is 0 Å². The molecule has 0 bridgehead atoms. The third-order valence-electron chi connectivity index (χ3n) is 3.07. The van der Waals surface area contributed by atoms with E-state index in [-0.39, 0.29) is 17.9 Å². The van der Waals surface area contributed by atoms with Crippen LogP contribution in [0, 0.1) is 5.92 Å². The van der Waals surface area contributed by atoms with Crippen LogP contribution in [0.25, 0.3) is 0 Å². The predicted octanol–water partition coefficient (Wildman–Crippen LogP) is 0.641. The summed E-state index contributed by atoms with van der Waals surface area (Å²) in [6.07, 6.45) is 2.07. The number of hydrogen-bond acceptors (Lipinski definition) is 4. The van der Waals surface area contributed by atoms with E-state index in [9.17, 15) is 9.90 Å². The van der Waals surface area contributed by atoms with Crippen LogP contribution in [0.4, 0.5) is 0 Å². The highest BCUT2D eigenvalue weighted by Crippen LogP contribution is 2.28. The van der Waals surface area contributed by atoms with Gasteiger partial charge in [0, 0.05) is 6.04 Å². The van der Waals surface area contributed by atoms with E-state index in [1.807, 2.05) is 19.0 Å². The molecule has 1 aliphatic rings. The van der Waals surface area contributed by atoms with Crippen molar-refractivity contribution in [1.82, 2.24) is 4.90 Å². The van der Waals surface area contributed by atoms with Gasteiger partial charge in [-0.05, 0) is 33.9 Å². The molecule has 0 aromatic rings. The first-order valence-electron chi connectivity index (χ1n) is 5.59. The van der Waals surface area contributed by atoms with Gasteiger partial charge < -0.3 is 14.7 Å². The predicted molar refractivity (Wildman–Crippen MR) is 57.5 cm³/mol. The van der Waals surface area contributed by atoms with Crippen molar-refractivity contribution in [2.45, 2.75) is 38.3 Å². The largest absolute Gasteiger partial charge is 0.466 e. The molecular formula is C11H21NO3. The van der Waals surface area contributed by atoms with Gasteiger partial charge >= 0.3 is 5.97 Å². The number of nitrogens with zero attached hydrogens (tertiary/aromatic N) is 1. The van der Waals surface area contributed by atoms with Crippen LogP contribution in [0.15, 0.2) is 0 Å². The number of hydrogen-bond donors (Lipinski definition) is 1. The molecule has 88 valence electrons. The molecular weight excluding hydrogens is 194 g/mol. The van der Waals surface area contributed by atoms with Crippen LogP contribution in [0.5, 0.6) is 0 Å². The van der Waals surface area contributed by atoms with Gasteiger partial charge in [-0.3, -0.25) is 4.79 Å². The second kappa shape index (κ2) is 5.47. The normalized spacial score (nSPS) is 31.7. The van der Waals surface area contributed by atoms with Crippen LogP contribution in [-0.4, -0.2) is 48.8 Å². The maximum atomic E-state index is 11.6. The molecule has 0 amide bonds. The Kier molecular flexibility index (Phi) is 4.54. The van der Waals surface area contributed by atoms with Gasteiger partial charge in [0.2, 0.25) is 0 Å². The number of carbonyl (C=O) groups excluding carboxylic acids is 1. The van der Waals surface area contributed by atoms with E-state index in [4.69, 9.17) is 4.74 Å². The zero-order valence-electron chi connectivity index (χ0n) is 9.77. The van der Waals surface area contributed by atoms with Gasteiger partial charge in [0.1, 0.15) is 0 Å². The highest BCUT2D eigenvalue weighted by molar-refractivity contribution is 5.73. The molecule has 0 spiro atoms. The van der Waals surface area contributed by atoms with E-state index in [0.29, 0.717) is 6.61 Å². The average molecular weight is 215 g/mol. The summed E-state index contributed by atoms with van der Waals surface area (Å²) in [6, 6.07) is 0.0770. The van der Waals surface area contributed by atoms with E-state index in [1.165, 1.54) is 0 Å². The summed E-state index contributed by atoms with van der Waals surface area (Å²) in [5.41, 5.74) is 0. The number of rotatable bonds is 3. The molecule has 3 atom stereocenters. The number of esters is 1. The molecule has 1 N–H and O–H groups in total. The molecule has 4 nitrogen and oxygen atoms in total. The molecule has 1 rings (SSSR count). The Bertz CT molecular complexity index is 218. The Labute approximate surface area is 91.2 Å². The smallest absolute Gasteiger partial charge is 0.311 e. The summed E-state index contributed by atoms with van der Waals surface area (Å²) < 4.78 is 4.96. The quantitative estimate of drug-likeness (QED) is 0.702. The third kappa shape index (κ3) is 2.92. The number of carbonyl (C=O) groups is 1. The molecule has 0 radical (unpaired) electrons. The molecule has 4 heteroatoms. The van der Waals surface area contributed by atoms with Gasteiger partial charge in [-0.25, -0.2) is 0 Å². The van der Waals surface area contributed by atoms with Crippen molar-refractivity contribution >= 4 is 5.97 Å². The highest BCUT2D eigenvalue weighted by atomic mass is 16.5. The molecule has 0 unspecified atom stereocenters. The number of aliphatic hydroxyl groups is 1. The van der Waals surface area contributed by atoms with Crippen LogP contribution in [0.2, 0.25) is 0 Å². The first-order valence-corrected chi connectivity index (χ1v) is 5.59. The minimum Gasteiger partial charge on any atom is -0.466 e. The second-order valence-corrected chi connectivity index (χ2v) is 4.31. The van der Waals surface area contributed by atoms with Gasteiger partial charge in [0.15, 0.2) is 0 Å². The van der Waals surface area contributed by atoms with Gasteiger partial charge in [0.25, 0.3) is 0 Å². The summed E-state index contributed by atoms with van der Waals surface area (Å²) in [5, 5.41) is 10.1. The first kappa shape index (κ1) is 12.5. The fraction of sp³-hybridized carbons (Fsp3) is 0.909. The standard InChI is InChI=1S/C11H21NO3/c1-4-15-11(14)8-6-5-7-9(10(8)13)12(2)3/h8-10,13H,4-7H2,1-3H3/t8-,9-,10-/m1/s1. The van der Waals surface area contributed by atoms with Crippen LogP contribution in [-0.2, 0) is 9.53 Å². The zero-order valence-corrected chi connectivity index (χ0v) is 9.77. The molecule has 0 saturated heterocycles. The Morgan fingerprint density at radius 1 is 1.47 bits per heavy atom. The zero-order chi connectivity index (χ0) is 11.4. The minimum atomic E-state index is -0.590. The molecule has 0 aromatic heterocycles. The monoisotopic (exact) mass is 215 g/mol. The average Bonchev–Trinajstić information content (AvgIpc) is 2.17. The summed E-state index contributed by atoms with van der Waals surface area (Å²) >= 11 is 0. The first-order chi connectivity index (χ1) is 7.07. The lowest BCUT2D eigenvalue weighted by Crippen LogP contribution is -2.48. The molecule has 0 aromatic carbocycles. The van der Waals surface area contributed by atoms with Gasteiger partial charge in [-0.1, -0.05) is 6.42 Å². The Morgan fingerprint density at radius 2 is 2.13 bits per heavy atom. The van der Waals surface area contributed by atoms with Crippen molar-refractivity contribution in [1.29, 1.82) is 0 Å². The molecule has 1 fully saturated rings. The SMILES string of the molecule is CCOC(=O)[C@@H]1CCC[C@@H](N(C)C)[C@@H]1O. The van der Waals surface area contributed by atoms with Crippen molar-refractivity contribution in [3.63, 3.8) is 0 Å². The minimum absolute atomic E-state index is 0.0770. The number of ether oxygens (including phenoxy) is 1. The van der Waals surface area contributed by atoms with Crippen LogP contribution in [0.1, 0.15) is 26.2 Å². The molecule has 0 aliphatic heterocycles. The summed E-state index contributed by atoms with van der Waals surface area (Å²) in [6.45, 7) is 2.17. The Balaban J connectivity index is 2.61. The Morgan fingerprint density at radius 3 is 2.67 bits per heavy atom. The molecule has 1 saturated carbocycles. The van der Waals surface area contributed by atoms with E-state index < -0.39 is 6.10 Å². The van der Waals surface area contributed by atoms with E-state index in [0.717, 1.165) is 19.3 Å². The maximum absolute atomic E-state index is 11.6. The lowest BCUT2D eigenvalue weighted by molar-refractivity contribution is -0.156. The lowest BCUT2D eigenvalue weighted by atomic mass is 9.82. The third-order valence-corrected chi connectivity index (χ3v) is 3.07. The van der Waals surface area contributed by atoms with Crippen LogP contribution < -0.4 is 0 Å². The van der Waals surface area contributed by atoms with E-state index in [1.54, 1.807) is 6.92 Å². The van der Waals surface area contributed by atoms with E-state index >= 15 is 0 Å². The Hall–Kier alpha value is -0.610. The summed E-state index contributed by atoms with van der Waals surface area (Å²) in [7, 11) is 3.86. The van der Waals surface area contributed by atoms with Crippen LogP contribution >= 0.6 is 0 Å². The van der Waals surface area contributed by atoms with Crippen molar-refractivity contribution in [3.05, 3.63) is 0 Å². The summed E-state index contributed by atoms with van der Waals surface area (Å²) in [4.78, 5) is 13.6. The highest BCUT2D eigenvalue weighted by Gasteiger charge is 2.37. The van der Waals surface area contributed by atoms with Crippen molar-refractivity contribution in [2.24, 2.45) is 5.92 Å². The van der Waals surface area contributed by atoms with Crippen molar-refractivity contribution in [3.8, 4) is 0 Å². The van der Waals surface area contributed by atoms with Gasteiger partial charge in [0.05, 0.1) is 18.6 Å². The number of aliphatic hydroxyl groups excluding tert-OH is 1. The number of likely N-dealkylation sites (N-methyl/N-ethyl adjacent to an activating group) is 1. The van der Waals surface area contributed by atoms with Crippen molar-refractivity contribution in [2.75, 3.05) is 20.7 Å². The lowest BCUT2D eigenvalue weighted by Gasteiger charge is -2.37. The second-order valence-electron chi connectivity index (χ2n) is 4.31. The van der Waals surface area contributed by atoms with Crippen molar-refractivity contribution < 1.29 is 14.6 Å².